The Balaban J connectivity index is 1.46. The molecule has 53 heavy (non-hydrogen) atoms. The summed E-state index contributed by atoms with van der Waals surface area (Å²) >= 11 is 0. The minimum atomic E-state index is -0.515. The smallest absolute Gasteiger partial charge is 0.324 e. The summed E-state index contributed by atoms with van der Waals surface area (Å²) in [6.07, 6.45) is 8.30. The molecule has 0 radical (unpaired) electrons. The summed E-state index contributed by atoms with van der Waals surface area (Å²) in [5.41, 5.74) is 4.77. The van der Waals surface area contributed by atoms with Crippen LogP contribution in [0.25, 0.3) is 22.0 Å². The minimum Gasteiger partial charge on any atom is -0.497 e. The second-order valence-corrected chi connectivity index (χ2v) is 12.1. The van der Waals surface area contributed by atoms with Crippen LogP contribution in [-0.2, 0) is 13.1 Å². The number of rotatable bonds is 13. The van der Waals surface area contributed by atoms with Crippen LogP contribution in [0.15, 0.2) is 85.6 Å². The molecule has 0 saturated carbocycles. The summed E-state index contributed by atoms with van der Waals surface area (Å²) in [7, 11) is 6.48. The number of nitrogens with zero attached hydrogens (tertiary/aromatic N) is 7. The first-order valence-electron chi connectivity index (χ1n) is 16.6. The normalized spacial score (nSPS) is 11.3. The molecule has 14 nitrogen and oxygen atoms in total. The van der Waals surface area contributed by atoms with Crippen molar-refractivity contribution in [3.8, 4) is 40.3 Å². The van der Waals surface area contributed by atoms with Crippen LogP contribution < -0.4 is 34.5 Å². The fourth-order valence-electron chi connectivity index (χ4n) is 5.84. The molecule has 1 unspecified atom stereocenters. The molecule has 270 valence electrons. The Morgan fingerprint density at radius 2 is 1.57 bits per heavy atom. The van der Waals surface area contributed by atoms with E-state index in [0.29, 0.717) is 59.1 Å². The number of nitrogens with one attached hydrogen (secondary N) is 2. The molecule has 0 aliphatic carbocycles. The van der Waals surface area contributed by atoms with E-state index in [1.807, 2.05) is 55.5 Å². The van der Waals surface area contributed by atoms with Gasteiger partial charge in [0.15, 0.2) is 0 Å². The first-order chi connectivity index (χ1) is 25.7. The van der Waals surface area contributed by atoms with Crippen LogP contribution in [0.5, 0.6) is 23.0 Å². The number of carbonyl (C=O) groups excluding carboxylic acids is 1. The summed E-state index contributed by atoms with van der Waals surface area (Å²) in [4.78, 5) is 29.5. The van der Waals surface area contributed by atoms with Gasteiger partial charge in [-0.05, 0) is 67.3 Å². The molecule has 0 saturated heterocycles. The molecule has 2 N–H and O–H groups in total. The topological polar surface area (TPSA) is 162 Å². The lowest BCUT2D eigenvalue weighted by Gasteiger charge is -2.28. The van der Waals surface area contributed by atoms with Crippen LogP contribution in [0.3, 0.4) is 0 Å². The van der Waals surface area contributed by atoms with Gasteiger partial charge in [0, 0.05) is 65.9 Å². The van der Waals surface area contributed by atoms with Gasteiger partial charge in [-0.15, -0.1) is 0 Å². The number of benzene rings is 2. The number of methoxy groups -OCH3 is 4. The lowest BCUT2D eigenvalue weighted by Crippen LogP contribution is -2.24. The molecule has 2 aromatic carbocycles. The maximum absolute atomic E-state index is 13.1. The standard InChI is InChI=1S/C39H39N9O5/c1-24-11-12-41-19-32(24)34-13-28-14-37(46-39(49)44-29-18-43-48(23-29)25(2)17-40)42-20-33(28)38(45-34)47(21-26-7-9-30(50-3)15-35(26)52-5)22-27-8-10-31(51-4)16-36(27)53-6/h7-16,18-20,23,25H,21-22H2,1-6H3,(H2,42,44,46,49). The predicted molar refractivity (Wildman–Crippen MR) is 202 cm³/mol. The molecule has 2 amide bonds. The molecular weight excluding hydrogens is 674 g/mol. The zero-order chi connectivity index (χ0) is 37.5. The number of ether oxygens (including phenoxy) is 4. The third-order valence-corrected chi connectivity index (χ3v) is 8.71. The van der Waals surface area contributed by atoms with Gasteiger partial charge in [-0.25, -0.2) is 14.8 Å². The number of aryl methyl sites for hydroxylation is 1. The second kappa shape index (κ2) is 16.0. The zero-order valence-corrected chi connectivity index (χ0v) is 30.2. The molecule has 0 fully saturated rings. The number of anilines is 3. The zero-order valence-electron chi connectivity index (χ0n) is 30.2. The highest BCUT2D eigenvalue weighted by Crippen LogP contribution is 2.36. The average molecular weight is 714 g/mol. The van der Waals surface area contributed by atoms with E-state index in [4.69, 9.17) is 23.9 Å². The summed E-state index contributed by atoms with van der Waals surface area (Å²) < 4.78 is 24.0. The highest BCUT2D eigenvalue weighted by Gasteiger charge is 2.21. The van der Waals surface area contributed by atoms with Crippen molar-refractivity contribution in [1.29, 1.82) is 5.26 Å². The van der Waals surface area contributed by atoms with Gasteiger partial charge in [0.2, 0.25) is 0 Å². The molecule has 4 aromatic heterocycles. The lowest BCUT2D eigenvalue weighted by atomic mass is 10.0. The van der Waals surface area contributed by atoms with Crippen LogP contribution >= 0.6 is 0 Å². The van der Waals surface area contributed by atoms with Crippen molar-refractivity contribution in [2.24, 2.45) is 0 Å². The predicted octanol–water partition coefficient (Wildman–Crippen LogP) is 7.17. The van der Waals surface area contributed by atoms with E-state index in [0.717, 1.165) is 33.0 Å². The Labute approximate surface area is 306 Å². The van der Waals surface area contributed by atoms with Gasteiger partial charge >= 0.3 is 6.03 Å². The van der Waals surface area contributed by atoms with E-state index >= 15 is 0 Å². The van der Waals surface area contributed by atoms with Gasteiger partial charge in [-0.1, -0.05) is 0 Å². The third kappa shape index (κ3) is 8.04. The third-order valence-electron chi connectivity index (χ3n) is 8.71. The summed E-state index contributed by atoms with van der Waals surface area (Å²) in [5, 5.41) is 20.4. The number of nitriles is 1. The molecule has 0 bridgehead atoms. The highest BCUT2D eigenvalue weighted by molar-refractivity contribution is 6.01. The van der Waals surface area contributed by atoms with Crippen molar-refractivity contribution in [2.45, 2.75) is 33.0 Å². The van der Waals surface area contributed by atoms with Crippen molar-refractivity contribution >= 4 is 34.1 Å². The van der Waals surface area contributed by atoms with Gasteiger partial charge in [0.25, 0.3) is 0 Å². The monoisotopic (exact) mass is 713 g/mol. The quantitative estimate of drug-likeness (QED) is 0.125. The van der Waals surface area contributed by atoms with E-state index in [9.17, 15) is 10.1 Å². The average Bonchev–Trinajstić information content (AvgIpc) is 3.65. The number of hydrogen-bond acceptors (Lipinski definition) is 11. The van der Waals surface area contributed by atoms with E-state index in [-0.39, 0.29) is 0 Å². The van der Waals surface area contributed by atoms with Crippen molar-refractivity contribution in [3.63, 3.8) is 0 Å². The van der Waals surface area contributed by atoms with E-state index in [2.05, 4.69) is 36.7 Å². The van der Waals surface area contributed by atoms with Gasteiger partial charge in [-0.2, -0.15) is 10.4 Å². The highest BCUT2D eigenvalue weighted by atomic mass is 16.5. The summed E-state index contributed by atoms with van der Waals surface area (Å²) in [5.74, 6) is 3.61. The van der Waals surface area contributed by atoms with Crippen LogP contribution in [0.1, 0.15) is 29.7 Å². The Hall–Kier alpha value is -6.88. The van der Waals surface area contributed by atoms with E-state index < -0.39 is 12.1 Å². The number of pyridine rings is 3. The fourth-order valence-corrected chi connectivity index (χ4v) is 5.84. The van der Waals surface area contributed by atoms with Crippen LogP contribution in [0.4, 0.5) is 22.1 Å². The van der Waals surface area contributed by atoms with Crippen molar-refractivity contribution < 1.29 is 23.7 Å². The van der Waals surface area contributed by atoms with E-state index in [1.54, 1.807) is 66.2 Å². The molecular formula is C39H39N9O5. The number of carbonyl (C=O) groups is 1. The maximum Gasteiger partial charge on any atom is 0.324 e. The number of hydrogen-bond donors (Lipinski definition) is 2. The summed E-state index contributed by atoms with van der Waals surface area (Å²) in [6, 6.07) is 18.2. The lowest BCUT2D eigenvalue weighted by molar-refractivity contribution is 0.262. The van der Waals surface area contributed by atoms with Gasteiger partial charge in [0.05, 0.1) is 58.3 Å². The molecule has 4 heterocycles. The molecule has 0 spiro atoms. The van der Waals surface area contributed by atoms with Crippen molar-refractivity contribution in [1.82, 2.24) is 24.7 Å². The molecule has 6 aromatic rings. The van der Waals surface area contributed by atoms with Crippen molar-refractivity contribution in [3.05, 3.63) is 102 Å². The maximum atomic E-state index is 13.1. The van der Waals surface area contributed by atoms with Crippen LogP contribution in [0.2, 0.25) is 0 Å². The number of aromatic nitrogens is 5. The number of fused-ring (bicyclic) bond motifs is 1. The number of amides is 2. The number of urea groups is 1. The van der Waals surface area contributed by atoms with E-state index in [1.165, 1.54) is 10.9 Å². The first-order valence-corrected chi connectivity index (χ1v) is 16.6. The van der Waals surface area contributed by atoms with Gasteiger partial charge in [0.1, 0.15) is 40.7 Å². The Morgan fingerprint density at radius 1 is 0.887 bits per heavy atom. The molecule has 6 rings (SSSR count). The Bertz CT molecular complexity index is 2240. The molecule has 0 aliphatic rings. The van der Waals surface area contributed by atoms with Crippen LogP contribution in [-0.4, -0.2) is 59.2 Å². The Morgan fingerprint density at radius 3 is 2.17 bits per heavy atom. The minimum absolute atomic E-state index is 0.319. The Kier molecular flexibility index (Phi) is 10.8. The molecule has 1 atom stereocenters. The van der Waals surface area contributed by atoms with Gasteiger partial charge in [-0.3, -0.25) is 15.0 Å². The second-order valence-electron chi connectivity index (χ2n) is 12.1. The van der Waals surface area contributed by atoms with Gasteiger partial charge < -0.3 is 29.2 Å². The fraction of sp³-hybridized carbons (Fsp3) is 0.231. The summed E-state index contributed by atoms with van der Waals surface area (Å²) in [6.45, 7) is 4.50. The van der Waals surface area contributed by atoms with Crippen molar-refractivity contribution in [2.75, 3.05) is 44.0 Å². The largest absolute Gasteiger partial charge is 0.497 e. The molecule has 0 aliphatic heterocycles. The first kappa shape index (κ1) is 35.9. The SMILES string of the molecule is COc1ccc(CN(Cc2ccc(OC)cc2OC)c2nc(-c3cnccc3C)cc3cc(NC(=O)Nc4cnn(C(C)C#N)c4)ncc23)c(OC)c1. The van der Waals surface area contributed by atoms with Crippen LogP contribution in [0, 0.1) is 18.3 Å². The molecule has 14 heteroatoms.